The average Bonchev–Trinajstić information content (AvgIpc) is 2.94. The summed E-state index contributed by atoms with van der Waals surface area (Å²) in [5.74, 6) is 2.21. The summed E-state index contributed by atoms with van der Waals surface area (Å²) >= 11 is 0. The normalized spacial score (nSPS) is 26.1. The zero-order valence-corrected chi connectivity index (χ0v) is 15.4. The summed E-state index contributed by atoms with van der Waals surface area (Å²) in [4.78, 5) is 0.403. The van der Waals surface area contributed by atoms with Crippen molar-refractivity contribution < 1.29 is 13.2 Å². The molecule has 2 aromatic rings. The maximum Gasteiger partial charge on any atom is 0.243 e. The highest BCUT2D eigenvalue weighted by Gasteiger charge is 2.50. The van der Waals surface area contributed by atoms with Gasteiger partial charge in [-0.05, 0) is 60.9 Å². The van der Waals surface area contributed by atoms with Gasteiger partial charge in [0, 0.05) is 13.1 Å². The van der Waals surface area contributed by atoms with Gasteiger partial charge in [0.25, 0.3) is 0 Å². The van der Waals surface area contributed by atoms with Crippen LogP contribution >= 0.6 is 0 Å². The summed E-state index contributed by atoms with van der Waals surface area (Å²) in [5, 5.41) is 0. The lowest BCUT2D eigenvalue weighted by atomic mass is 9.64. The lowest BCUT2D eigenvalue weighted by Crippen LogP contribution is -2.33. The van der Waals surface area contributed by atoms with E-state index in [1.54, 1.807) is 23.5 Å². The van der Waals surface area contributed by atoms with Gasteiger partial charge in [-0.15, -0.1) is 0 Å². The van der Waals surface area contributed by atoms with Crippen LogP contribution in [0.4, 0.5) is 0 Å². The van der Waals surface area contributed by atoms with E-state index >= 15 is 0 Å². The summed E-state index contributed by atoms with van der Waals surface area (Å²) in [6.45, 7) is 3.23. The second-order valence-corrected chi connectivity index (χ2v) is 9.11. The zero-order valence-electron chi connectivity index (χ0n) is 14.6. The van der Waals surface area contributed by atoms with E-state index in [4.69, 9.17) is 4.74 Å². The minimum atomic E-state index is -3.38. The van der Waals surface area contributed by atoms with Gasteiger partial charge in [0.2, 0.25) is 10.0 Å². The molecule has 0 unspecified atom stereocenters. The molecule has 132 valence electrons. The number of aryl methyl sites for hydroxylation is 1. The van der Waals surface area contributed by atoms with Gasteiger partial charge in [-0.25, -0.2) is 8.42 Å². The van der Waals surface area contributed by atoms with Crippen LogP contribution in [0.2, 0.25) is 0 Å². The standard InChI is InChI=1S/C20H23NO3S/c1-14-3-9-18(10-4-14)25(22,23)21-12-16-11-19(20(16)13-21)15-5-7-17(24-2)8-6-15/h3-10,16,19-20H,11-13H2,1-2H3/t16-,19-,20+/m1/s1. The van der Waals surface area contributed by atoms with Gasteiger partial charge in [0.1, 0.15) is 5.75 Å². The predicted molar refractivity (Wildman–Crippen MR) is 97.3 cm³/mol. The molecular weight excluding hydrogens is 334 g/mol. The van der Waals surface area contributed by atoms with Crippen molar-refractivity contribution in [2.75, 3.05) is 20.2 Å². The lowest BCUT2D eigenvalue weighted by Gasteiger charge is -2.39. The molecule has 3 atom stereocenters. The van der Waals surface area contributed by atoms with Crippen LogP contribution in [0.15, 0.2) is 53.4 Å². The Morgan fingerprint density at radius 1 is 1.00 bits per heavy atom. The number of rotatable bonds is 4. The summed E-state index contributed by atoms with van der Waals surface area (Å²) in [6.07, 6.45) is 1.07. The van der Waals surface area contributed by atoms with Crippen LogP contribution in [0.1, 0.15) is 23.5 Å². The minimum Gasteiger partial charge on any atom is -0.497 e. The second-order valence-electron chi connectivity index (χ2n) is 7.17. The van der Waals surface area contributed by atoms with Crippen molar-refractivity contribution >= 4 is 10.0 Å². The largest absolute Gasteiger partial charge is 0.497 e. The fourth-order valence-corrected chi connectivity index (χ4v) is 5.69. The first-order valence-electron chi connectivity index (χ1n) is 8.70. The summed E-state index contributed by atoms with van der Waals surface area (Å²) in [6, 6.07) is 15.3. The number of ether oxygens (including phenoxy) is 1. The van der Waals surface area contributed by atoms with Gasteiger partial charge in [-0.1, -0.05) is 29.8 Å². The molecule has 1 aliphatic heterocycles. The molecule has 5 heteroatoms. The molecule has 0 N–H and O–H groups in total. The minimum absolute atomic E-state index is 0.403. The molecule has 0 amide bonds. The maximum absolute atomic E-state index is 12.9. The first-order chi connectivity index (χ1) is 12.0. The summed E-state index contributed by atoms with van der Waals surface area (Å²) in [7, 11) is -1.72. The quantitative estimate of drug-likeness (QED) is 0.842. The first-order valence-corrected chi connectivity index (χ1v) is 10.1. The van der Waals surface area contributed by atoms with E-state index < -0.39 is 10.0 Å². The van der Waals surface area contributed by atoms with Crippen molar-refractivity contribution in [3.8, 4) is 5.75 Å². The van der Waals surface area contributed by atoms with E-state index in [2.05, 4.69) is 12.1 Å². The number of fused-ring (bicyclic) bond motifs is 1. The smallest absolute Gasteiger partial charge is 0.243 e. The van der Waals surface area contributed by atoms with Crippen LogP contribution in [-0.2, 0) is 10.0 Å². The summed E-state index contributed by atoms with van der Waals surface area (Å²) < 4.78 is 32.7. The Kier molecular flexibility index (Phi) is 4.08. The van der Waals surface area contributed by atoms with Gasteiger partial charge in [-0.2, -0.15) is 4.31 Å². The highest BCUT2D eigenvalue weighted by molar-refractivity contribution is 7.89. The monoisotopic (exact) mass is 357 g/mol. The molecule has 25 heavy (non-hydrogen) atoms. The molecule has 4 nitrogen and oxygen atoms in total. The van der Waals surface area contributed by atoms with Crippen molar-refractivity contribution in [1.29, 1.82) is 0 Å². The SMILES string of the molecule is COc1ccc([C@H]2C[C@@H]3CN(S(=O)(=O)c4ccc(C)cc4)C[C@@H]32)cc1. The van der Waals surface area contributed by atoms with Crippen LogP contribution in [0.5, 0.6) is 5.75 Å². The van der Waals surface area contributed by atoms with E-state index in [0.29, 0.717) is 35.7 Å². The van der Waals surface area contributed by atoms with Gasteiger partial charge in [0.05, 0.1) is 12.0 Å². The van der Waals surface area contributed by atoms with E-state index in [1.165, 1.54) is 5.56 Å². The topological polar surface area (TPSA) is 46.6 Å². The average molecular weight is 357 g/mol. The van der Waals surface area contributed by atoms with Gasteiger partial charge >= 0.3 is 0 Å². The zero-order chi connectivity index (χ0) is 17.6. The molecule has 4 rings (SSSR count). The molecule has 0 spiro atoms. The Morgan fingerprint density at radius 3 is 2.32 bits per heavy atom. The van der Waals surface area contributed by atoms with Gasteiger partial charge in [0.15, 0.2) is 0 Å². The molecule has 1 saturated carbocycles. The Hall–Kier alpha value is -1.85. The van der Waals surface area contributed by atoms with Gasteiger partial charge < -0.3 is 4.74 Å². The fourth-order valence-electron chi connectivity index (χ4n) is 4.16. The van der Waals surface area contributed by atoms with Crippen LogP contribution in [-0.4, -0.2) is 32.9 Å². The highest BCUT2D eigenvalue weighted by Crippen LogP contribution is 2.52. The molecule has 1 aliphatic carbocycles. The van der Waals surface area contributed by atoms with Crippen molar-refractivity contribution in [2.45, 2.75) is 24.2 Å². The third kappa shape index (κ3) is 2.85. The van der Waals surface area contributed by atoms with Crippen LogP contribution in [0.3, 0.4) is 0 Å². The third-order valence-corrected chi connectivity index (χ3v) is 7.58. The summed E-state index contributed by atoms with van der Waals surface area (Å²) in [5.41, 5.74) is 2.36. The van der Waals surface area contributed by atoms with E-state index in [1.807, 2.05) is 31.2 Å². The van der Waals surface area contributed by atoms with Crippen molar-refractivity contribution in [3.63, 3.8) is 0 Å². The van der Waals surface area contributed by atoms with Crippen LogP contribution < -0.4 is 4.74 Å². The highest BCUT2D eigenvalue weighted by atomic mass is 32.2. The first kappa shape index (κ1) is 16.6. The van der Waals surface area contributed by atoms with Crippen LogP contribution in [0.25, 0.3) is 0 Å². The van der Waals surface area contributed by atoms with E-state index in [-0.39, 0.29) is 0 Å². The molecule has 2 aliphatic rings. The molecular formula is C20H23NO3S. The molecule has 0 radical (unpaired) electrons. The molecule has 0 bridgehead atoms. The Balaban J connectivity index is 1.50. The van der Waals surface area contributed by atoms with E-state index in [0.717, 1.165) is 17.7 Å². The number of benzene rings is 2. The van der Waals surface area contributed by atoms with Crippen molar-refractivity contribution in [3.05, 3.63) is 59.7 Å². The number of hydrogen-bond donors (Lipinski definition) is 0. The number of nitrogens with zero attached hydrogens (tertiary/aromatic N) is 1. The Labute approximate surface area is 149 Å². The molecule has 1 heterocycles. The van der Waals surface area contributed by atoms with E-state index in [9.17, 15) is 8.42 Å². The Bertz CT molecular complexity index is 859. The number of hydrogen-bond acceptors (Lipinski definition) is 3. The molecule has 2 fully saturated rings. The predicted octanol–water partition coefficient (Wildman–Crippen LogP) is 3.43. The van der Waals surface area contributed by atoms with Crippen LogP contribution in [0, 0.1) is 18.8 Å². The molecule has 1 saturated heterocycles. The van der Waals surface area contributed by atoms with Crippen molar-refractivity contribution in [2.24, 2.45) is 11.8 Å². The number of methoxy groups -OCH3 is 1. The molecule has 0 aromatic heterocycles. The lowest BCUT2D eigenvalue weighted by molar-refractivity contribution is 0.191. The third-order valence-electron chi connectivity index (χ3n) is 5.73. The van der Waals surface area contributed by atoms with Crippen molar-refractivity contribution in [1.82, 2.24) is 4.31 Å². The fraction of sp³-hybridized carbons (Fsp3) is 0.400. The number of sulfonamides is 1. The molecule has 2 aromatic carbocycles. The second kappa shape index (κ2) is 6.15. The Morgan fingerprint density at radius 2 is 1.68 bits per heavy atom. The van der Waals surface area contributed by atoms with Gasteiger partial charge in [-0.3, -0.25) is 0 Å². The maximum atomic E-state index is 12.9.